The first-order valence-electron chi connectivity index (χ1n) is 6.72. The van der Waals surface area contributed by atoms with Gasteiger partial charge in [-0.05, 0) is 36.0 Å². The van der Waals surface area contributed by atoms with Crippen molar-refractivity contribution in [1.82, 2.24) is 14.8 Å². The SMILES string of the molecule is Cc1cnc(NC=O)cc1-c1cnn2c1CC(C)(C)C2. The fourth-order valence-corrected chi connectivity index (χ4v) is 2.83. The van der Waals surface area contributed by atoms with Gasteiger partial charge in [-0.1, -0.05) is 13.8 Å². The molecule has 0 saturated carbocycles. The van der Waals surface area contributed by atoms with E-state index < -0.39 is 0 Å². The number of hydrogen-bond acceptors (Lipinski definition) is 3. The molecule has 0 bridgehead atoms. The lowest BCUT2D eigenvalue weighted by Crippen LogP contribution is -2.12. The predicted molar refractivity (Wildman–Crippen MR) is 77.4 cm³/mol. The van der Waals surface area contributed by atoms with Gasteiger partial charge in [-0.3, -0.25) is 9.48 Å². The topological polar surface area (TPSA) is 59.8 Å². The molecule has 0 spiro atoms. The summed E-state index contributed by atoms with van der Waals surface area (Å²) >= 11 is 0. The molecule has 0 aromatic carbocycles. The minimum absolute atomic E-state index is 0.253. The number of nitrogens with zero attached hydrogens (tertiary/aromatic N) is 3. The molecule has 5 nitrogen and oxygen atoms in total. The number of fused-ring (bicyclic) bond motifs is 1. The van der Waals surface area contributed by atoms with E-state index >= 15 is 0 Å². The summed E-state index contributed by atoms with van der Waals surface area (Å²) < 4.78 is 2.09. The van der Waals surface area contributed by atoms with Gasteiger partial charge in [0.2, 0.25) is 6.41 Å². The highest BCUT2D eigenvalue weighted by Crippen LogP contribution is 2.37. The van der Waals surface area contributed by atoms with Gasteiger partial charge in [-0.15, -0.1) is 0 Å². The fraction of sp³-hybridized carbons (Fsp3) is 0.400. The zero-order valence-corrected chi connectivity index (χ0v) is 12.0. The van der Waals surface area contributed by atoms with E-state index in [2.05, 4.69) is 33.9 Å². The summed E-state index contributed by atoms with van der Waals surface area (Å²) in [5.74, 6) is 0.567. The Morgan fingerprint density at radius 1 is 1.35 bits per heavy atom. The van der Waals surface area contributed by atoms with E-state index in [1.54, 1.807) is 6.20 Å². The van der Waals surface area contributed by atoms with Crippen LogP contribution in [0.2, 0.25) is 0 Å². The summed E-state index contributed by atoms with van der Waals surface area (Å²) in [5.41, 5.74) is 4.83. The molecule has 0 saturated heterocycles. The molecule has 0 aliphatic carbocycles. The van der Waals surface area contributed by atoms with Crippen molar-refractivity contribution in [2.45, 2.75) is 33.7 Å². The predicted octanol–water partition coefficient (Wildman–Crippen LogP) is 2.40. The molecule has 0 radical (unpaired) electrons. The molecule has 1 aliphatic rings. The van der Waals surface area contributed by atoms with Crippen LogP contribution in [0.1, 0.15) is 25.1 Å². The average molecular weight is 270 g/mol. The maximum absolute atomic E-state index is 10.6. The maximum atomic E-state index is 10.6. The molecular weight excluding hydrogens is 252 g/mol. The number of pyridine rings is 1. The number of aryl methyl sites for hydroxylation is 1. The third kappa shape index (κ3) is 2.09. The molecule has 2 aromatic rings. The first-order valence-corrected chi connectivity index (χ1v) is 6.72. The molecular formula is C15H18N4O. The van der Waals surface area contributed by atoms with E-state index in [1.807, 2.05) is 19.2 Å². The normalized spacial score (nSPS) is 15.9. The second-order valence-corrected chi connectivity index (χ2v) is 6.15. The number of hydrogen-bond donors (Lipinski definition) is 1. The summed E-state index contributed by atoms with van der Waals surface area (Å²) in [6, 6.07) is 1.91. The van der Waals surface area contributed by atoms with Crippen LogP contribution in [0.3, 0.4) is 0 Å². The molecule has 0 atom stereocenters. The van der Waals surface area contributed by atoms with Crippen molar-refractivity contribution in [3.8, 4) is 11.1 Å². The van der Waals surface area contributed by atoms with Crippen molar-refractivity contribution in [1.29, 1.82) is 0 Å². The van der Waals surface area contributed by atoms with E-state index in [-0.39, 0.29) is 5.41 Å². The average Bonchev–Trinajstić information content (AvgIpc) is 2.87. The van der Waals surface area contributed by atoms with Crippen molar-refractivity contribution >= 4 is 12.2 Å². The molecule has 20 heavy (non-hydrogen) atoms. The second-order valence-electron chi connectivity index (χ2n) is 6.15. The number of carbonyl (C=O) groups is 1. The Morgan fingerprint density at radius 2 is 2.15 bits per heavy atom. The van der Waals surface area contributed by atoms with Crippen LogP contribution in [0.15, 0.2) is 18.5 Å². The quantitative estimate of drug-likeness (QED) is 0.871. The molecule has 1 amide bonds. The largest absolute Gasteiger partial charge is 0.313 e. The molecule has 2 aromatic heterocycles. The standard InChI is InChI=1S/C15H18N4O/c1-10-6-16-14(17-9-20)4-11(10)12-7-18-19-8-15(2,3)5-13(12)19/h4,6-7,9H,5,8H2,1-3H3,(H,16,17,20). The van der Waals surface area contributed by atoms with Crippen molar-refractivity contribution in [3.63, 3.8) is 0 Å². The van der Waals surface area contributed by atoms with E-state index in [0.717, 1.165) is 29.7 Å². The second kappa shape index (κ2) is 4.44. The van der Waals surface area contributed by atoms with Gasteiger partial charge in [-0.2, -0.15) is 5.10 Å². The Kier molecular flexibility index (Phi) is 2.85. The number of anilines is 1. The van der Waals surface area contributed by atoms with Gasteiger partial charge in [-0.25, -0.2) is 4.98 Å². The highest BCUT2D eigenvalue weighted by molar-refractivity contribution is 5.76. The van der Waals surface area contributed by atoms with Crippen molar-refractivity contribution in [3.05, 3.63) is 29.7 Å². The Morgan fingerprint density at radius 3 is 2.90 bits per heavy atom. The lowest BCUT2D eigenvalue weighted by atomic mass is 9.89. The number of aromatic nitrogens is 3. The van der Waals surface area contributed by atoms with Gasteiger partial charge in [0.1, 0.15) is 5.82 Å². The van der Waals surface area contributed by atoms with Gasteiger partial charge in [0.05, 0.1) is 6.20 Å². The first kappa shape index (κ1) is 12.8. The molecule has 3 heterocycles. The van der Waals surface area contributed by atoms with Gasteiger partial charge >= 0.3 is 0 Å². The van der Waals surface area contributed by atoms with E-state index in [0.29, 0.717) is 12.2 Å². The maximum Gasteiger partial charge on any atom is 0.212 e. The van der Waals surface area contributed by atoms with E-state index in [1.165, 1.54) is 5.69 Å². The van der Waals surface area contributed by atoms with Crippen LogP contribution < -0.4 is 5.32 Å². The lowest BCUT2D eigenvalue weighted by molar-refractivity contribution is -0.105. The Balaban J connectivity index is 2.07. The molecule has 1 N–H and O–H groups in total. The van der Waals surface area contributed by atoms with Crippen LogP contribution in [-0.4, -0.2) is 21.2 Å². The number of carbonyl (C=O) groups excluding carboxylic acids is 1. The number of nitrogens with one attached hydrogen (secondary N) is 1. The Hall–Kier alpha value is -2.17. The van der Waals surface area contributed by atoms with Crippen molar-refractivity contribution in [2.24, 2.45) is 5.41 Å². The van der Waals surface area contributed by atoms with Crippen LogP contribution in [-0.2, 0) is 17.8 Å². The minimum atomic E-state index is 0.253. The highest BCUT2D eigenvalue weighted by atomic mass is 16.1. The molecule has 104 valence electrons. The molecule has 0 fully saturated rings. The van der Waals surface area contributed by atoms with Crippen LogP contribution in [0.4, 0.5) is 5.82 Å². The lowest BCUT2D eigenvalue weighted by Gasteiger charge is -2.14. The number of rotatable bonds is 3. The monoisotopic (exact) mass is 270 g/mol. The van der Waals surface area contributed by atoms with Gasteiger partial charge in [0.25, 0.3) is 0 Å². The molecule has 1 aliphatic heterocycles. The van der Waals surface area contributed by atoms with Crippen LogP contribution >= 0.6 is 0 Å². The molecule has 3 rings (SSSR count). The number of amides is 1. The zero-order valence-electron chi connectivity index (χ0n) is 12.0. The van der Waals surface area contributed by atoms with Gasteiger partial charge in [0, 0.05) is 24.0 Å². The van der Waals surface area contributed by atoms with Gasteiger partial charge in [0.15, 0.2) is 0 Å². The third-order valence-corrected chi connectivity index (χ3v) is 3.77. The summed E-state index contributed by atoms with van der Waals surface area (Å²) in [6.07, 6.45) is 5.36. The minimum Gasteiger partial charge on any atom is -0.313 e. The van der Waals surface area contributed by atoms with Crippen molar-refractivity contribution in [2.75, 3.05) is 5.32 Å². The van der Waals surface area contributed by atoms with E-state index in [4.69, 9.17) is 0 Å². The van der Waals surface area contributed by atoms with Crippen LogP contribution in [0, 0.1) is 12.3 Å². The van der Waals surface area contributed by atoms with Crippen LogP contribution in [0.5, 0.6) is 0 Å². The summed E-state index contributed by atoms with van der Waals surface area (Å²) in [6.45, 7) is 7.48. The highest BCUT2D eigenvalue weighted by Gasteiger charge is 2.31. The fourth-order valence-electron chi connectivity index (χ4n) is 2.83. The summed E-state index contributed by atoms with van der Waals surface area (Å²) in [4.78, 5) is 14.8. The van der Waals surface area contributed by atoms with Gasteiger partial charge < -0.3 is 5.32 Å². The van der Waals surface area contributed by atoms with E-state index in [9.17, 15) is 4.79 Å². The Labute approximate surface area is 118 Å². The summed E-state index contributed by atoms with van der Waals surface area (Å²) in [5, 5.41) is 7.09. The smallest absolute Gasteiger partial charge is 0.212 e. The van der Waals surface area contributed by atoms with Crippen LogP contribution in [0.25, 0.3) is 11.1 Å². The first-order chi connectivity index (χ1) is 9.50. The summed E-state index contributed by atoms with van der Waals surface area (Å²) in [7, 11) is 0. The molecule has 5 heteroatoms. The zero-order chi connectivity index (χ0) is 14.3. The van der Waals surface area contributed by atoms with Crippen molar-refractivity contribution < 1.29 is 4.79 Å². The molecule has 0 unspecified atom stereocenters. The Bertz CT molecular complexity index is 673. The third-order valence-electron chi connectivity index (χ3n) is 3.77.